The van der Waals surface area contributed by atoms with Crippen molar-refractivity contribution in [2.75, 3.05) is 11.4 Å². The van der Waals surface area contributed by atoms with E-state index in [4.69, 9.17) is 16.3 Å². The second-order valence-corrected chi connectivity index (χ2v) is 5.49. The Morgan fingerprint density at radius 2 is 2.42 bits per heavy atom. The molecule has 1 unspecified atom stereocenters. The zero-order valence-electron chi connectivity index (χ0n) is 10.2. The highest BCUT2D eigenvalue weighted by Gasteiger charge is 2.29. The Kier molecular flexibility index (Phi) is 3.16. The zero-order chi connectivity index (χ0) is 13.4. The van der Waals surface area contributed by atoms with Gasteiger partial charge in [-0.3, -0.25) is 9.69 Å². The van der Waals surface area contributed by atoms with Crippen LogP contribution < -0.4 is 9.64 Å². The van der Waals surface area contributed by atoms with Crippen LogP contribution in [0, 0.1) is 0 Å². The van der Waals surface area contributed by atoms with Crippen molar-refractivity contribution in [3.63, 3.8) is 0 Å². The summed E-state index contributed by atoms with van der Waals surface area (Å²) in [6, 6.07) is 5.28. The third kappa shape index (κ3) is 2.31. The number of hydrogen-bond donors (Lipinski definition) is 0. The molecule has 1 aromatic carbocycles. The fourth-order valence-electron chi connectivity index (χ4n) is 2.06. The van der Waals surface area contributed by atoms with Crippen molar-refractivity contribution in [1.29, 1.82) is 0 Å². The maximum Gasteiger partial charge on any atom is 0.277 e. The molecule has 19 heavy (non-hydrogen) atoms. The van der Waals surface area contributed by atoms with Gasteiger partial charge in [0.1, 0.15) is 17.5 Å². The van der Waals surface area contributed by atoms with Crippen LogP contribution in [0.15, 0.2) is 29.1 Å². The van der Waals surface area contributed by atoms with Crippen LogP contribution in [0.3, 0.4) is 0 Å². The van der Waals surface area contributed by atoms with Crippen molar-refractivity contribution in [3.05, 3.63) is 39.8 Å². The van der Waals surface area contributed by atoms with E-state index in [9.17, 15) is 4.79 Å². The van der Waals surface area contributed by atoms with E-state index in [0.717, 1.165) is 0 Å². The maximum atomic E-state index is 12.5. The Morgan fingerprint density at radius 1 is 1.58 bits per heavy atom. The van der Waals surface area contributed by atoms with Gasteiger partial charge in [-0.05, 0) is 25.1 Å². The minimum absolute atomic E-state index is 0.0590. The third-order valence-electron chi connectivity index (χ3n) is 2.88. The molecular weight excluding hydrogens is 284 g/mol. The summed E-state index contributed by atoms with van der Waals surface area (Å²) < 4.78 is 5.71. The number of thiazole rings is 1. The van der Waals surface area contributed by atoms with E-state index in [1.54, 1.807) is 34.0 Å². The highest BCUT2D eigenvalue weighted by Crippen LogP contribution is 2.36. The number of benzene rings is 1. The number of carbonyl (C=O) groups excluding carboxylic acids is 1. The summed E-state index contributed by atoms with van der Waals surface area (Å²) in [7, 11) is 0. The molecule has 2 heterocycles. The first-order valence-corrected chi connectivity index (χ1v) is 7.13. The minimum atomic E-state index is -0.125. The first-order valence-electron chi connectivity index (χ1n) is 5.81. The van der Waals surface area contributed by atoms with Gasteiger partial charge in [-0.25, -0.2) is 4.98 Å². The number of halogens is 1. The smallest absolute Gasteiger partial charge is 0.277 e. The van der Waals surface area contributed by atoms with E-state index in [-0.39, 0.29) is 12.0 Å². The highest BCUT2D eigenvalue weighted by molar-refractivity contribution is 7.07. The van der Waals surface area contributed by atoms with Crippen molar-refractivity contribution in [3.8, 4) is 5.75 Å². The number of carbonyl (C=O) groups is 1. The Balaban J connectivity index is 2.03. The monoisotopic (exact) mass is 294 g/mol. The van der Waals surface area contributed by atoms with Gasteiger partial charge in [-0.15, -0.1) is 11.3 Å². The lowest BCUT2D eigenvalue weighted by molar-refractivity contribution is 0.0957. The number of nitrogens with zero attached hydrogens (tertiary/aromatic N) is 2. The molecule has 1 aliphatic heterocycles. The molecule has 2 aromatic rings. The van der Waals surface area contributed by atoms with Crippen LogP contribution in [0.25, 0.3) is 0 Å². The molecule has 0 saturated heterocycles. The lowest BCUT2D eigenvalue weighted by Crippen LogP contribution is -2.42. The molecule has 1 amide bonds. The van der Waals surface area contributed by atoms with Gasteiger partial charge in [-0.2, -0.15) is 0 Å². The van der Waals surface area contributed by atoms with E-state index in [2.05, 4.69) is 4.98 Å². The molecule has 1 aliphatic rings. The molecule has 98 valence electrons. The van der Waals surface area contributed by atoms with E-state index in [1.807, 2.05) is 6.92 Å². The van der Waals surface area contributed by atoms with Gasteiger partial charge in [0.25, 0.3) is 5.91 Å². The van der Waals surface area contributed by atoms with Gasteiger partial charge >= 0.3 is 0 Å². The number of ether oxygens (including phenoxy) is 1. The van der Waals surface area contributed by atoms with Crippen molar-refractivity contribution < 1.29 is 9.53 Å². The summed E-state index contributed by atoms with van der Waals surface area (Å²) >= 11 is 7.40. The predicted molar refractivity (Wildman–Crippen MR) is 75.3 cm³/mol. The number of hydrogen-bond acceptors (Lipinski definition) is 4. The number of amides is 1. The molecule has 0 aliphatic carbocycles. The van der Waals surface area contributed by atoms with Crippen molar-refractivity contribution in [2.45, 2.75) is 13.0 Å². The predicted octanol–water partition coefficient (Wildman–Crippen LogP) is 3.22. The van der Waals surface area contributed by atoms with Crippen LogP contribution >= 0.6 is 22.9 Å². The standard InChI is InChI=1S/C13H11ClN2O2S/c1-8-5-16(13(17)10-6-19-7-15-10)11-4-9(14)2-3-12(11)18-8/h2-4,6-8H,5H2,1H3. The van der Waals surface area contributed by atoms with Gasteiger partial charge in [0.15, 0.2) is 0 Å². The molecular formula is C13H11ClN2O2S. The maximum absolute atomic E-state index is 12.5. The molecule has 1 aromatic heterocycles. The van der Waals surface area contributed by atoms with Gasteiger partial charge in [-0.1, -0.05) is 11.6 Å². The number of fused-ring (bicyclic) bond motifs is 1. The fraction of sp³-hybridized carbons (Fsp3) is 0.231. The first-order chi connectivity index (χ1) is 9.15. The first kappa shape index (κ1) is 12.4. The average molecular weight is 295 g/mol. The van der Waals surface area contributed by atoms with E-state index < -0.39 is 0 Å². The number of rotatable bonds is 1. The van der Waals surface area contributed by atoms with Crippen LogP contribution in [0.4, 0.5) is 5.69 Å². The lowest BCUT2D eigenvalue weighted by atomic mass is 10.2. The summed E-state index contributed by atoms with van der Waals surface area (Å²) in [5.74, 6) is 0.548. The Bertz CT molecular complexity index is 615. The van der Waals surface area contributed by atoms with Crippen LogP contribution in [-0.4, -0.2) is 23.5 Å². The lowest BCUT2D eigenvalue weighted by Gasteiger charge is -2.33. The normalized spacial score (nSPS) is 17.8. The topological polar surface area (TPSA) is 42.4 Å². The van der Waals surface area contributed by atoms with Crippen LogP contribution in [0.5, 0.6) is 5.75 Å². The van der Waals surface area contributed by atoms with Gasteiger partial charge in [0, 0.05) is 10.4 Å². The number of anilines is 1. The Labute approximate surface area is 119 Å². The molecule has 0 bridgehead atoms. The molecule has 0 saturated carbocycles. The average Bonchev–Trinajstić information content (AvgIpc) is 2.91. The molecule has 0 radical (unpaired) electrons. The van der Waals surface area contributed by atoms with E-state index in [0.29, 0.717) is 28.7 Å². The number of aromatic nitrogens is 1. The summed E-state index contributed by atoms with van der Waals surface area (Å²) in [6.45, 7) is 2.42. The van der Waals surface area contributed by atoms with Crippen molar-refractivity contribution in [2.24, 2.45) is 0 Å². The van der Waals surface area contributed by atoms with Crippen LogP contribution in [-0.2, 0) is 0 Å². The van der Waals surface area contributed by atoms with E-state index >= 15 is 0 Å². The minimum Gasteiger partial charge on any atom is -0.487 e. The SMILES string of the molecule is CC1CN(C(=O)c2cscn2)c2cc(Cl)ccc2O1. The van der Waals surface area contributed by atoms with E-state index in [1.165, 1.54) is 11.3 Å². The van der Waals surface area contributed by atoms with Crippen LogP contribution in [0.2, 0.25) is 5.02 Å². The summed E-state index contributed by atoms with van der Waals surface area (Å²) in [4.78, 5) is 18.2. The van der Waals surface area contributed by atoms with Gasteiger partial charge in [0.05, 0.1) is 17.7 Å². The van der Waals surface area contributed by atoms with Crippen molar-refractivity contribution in [1.82, 2.24) is 4.98 Å². The molecule has 1 atom stereocenters. The quantitative estimate of drug-likeness (QED) is 0.811. The van der Waals surface area contributed by atoms with Crippen molar-refractivity contribution >= 4 is 34.5 Å². The Hall–Kier alpha value is -1.59. The molecule has 6 heteroatoms. The molecule has 3 rings (SSSR count). The fourth-order valence-corrected chi connectivity index (χ4v) is 2.75. The van der Waals surface area contributed by atoms with Gasteiger partial charge < -0.3 is 4.74 Å². The highest BCUT2D eigenvalue weighted by atomic mass is 35.5. The zero-order valence-corrected chi connectivity index (χ0v) is 11.7. The second-order valence-electron chi connectivity index (χ2n) is 4.33. The van der Waals surface area contributed by atoms with Gasteiger partial charge in [0.2, 0.25) is 0 Å². The largest absolute Gasteiger partial charge is 0.487 e. The molecule has 0 spiro atoms. The van der Waals surface area contributed by atoms with Crippen LogP contribution in [0.1, 0.15) is 17.4 Å². The second kappa shape index (κ2) is 4.83. The molecule has 0 fully saturated rings. The molecule has 0 N–H and O–H groups in total. The molecule has 4 nitrogen and oxygen atoms in total. The summed E-state index contributed by atoms with van der Waals surface area (Å²) in [5.41, 5.74) is 2.80. The summed E-state index contributed by atoms with van der Waals surface area (Å²) in [5, 5.41) is 2.32. The summed E-state index contributed by atoms with van der Waals surface area (Å²) in [6.07, 6.45) is -0.0590. The Morgan fingerprint density at radius 3 is 3.16 bits per heavy atom. The third-order valence-corrected chi connectivity index (χ3v) is 3.70.